The molecule has 0 bridgehead atoms. The predicted molar refractivity (Wildman–Crippen MR) is 80.8 cm³/mol. The number of aromatic nitrogens is 1. The molecule has 3 nitrogen and oxygen atoms in total. The van der Waals surface area contributed by atoms with E-state index in [9.17, 15) is 0 Å². The van der Waals surface area contributed by atoms with Gasteiger partial charge in [0.25, 0.3) is 0 Å². The lowest BCUT2D eigenvalue weighted by Gasteiger charge is -2.21. The van der Waals surface area contributed by atoms with E-state index in [-0.39, 0.29) is 6.04 Å². The summed E-state index contributed by atoms with van der Waals surface area (Å²) < 4.78 is 0. The molecule has 0 radical (unpaired) electrons. The van der Waals surface area contributed by atoms with Gasteiger partial charge >= 0.3 is 0 Å². The van der Waals surface area contributed by atoms with Crippen molar-refractivity contribution < 1.29 is 0 Å². The van der Waals surface area contributed by atoms with Crippen LogP contribution in [0.1, 0.15) is 29.7 Å². The molecule has 0 saturated carbocycles. The third kappa shape index (κ3) is 2.93. The van der Waals surface area contributed by atoms with E-state index < -0.39 is 0 Å². The molecule has 0 aliphatic carbocycles. The number of aryl methyl sites for hydroxylation is 2. The van der Waals surface area contributed by atoms with Gasteiger partial charge in [0.05, 0.1) is 0 Å². The van der Waals surface area contributed by atoms with E-state index in [4.69, 9.17) is 5.73 Å². The van der Waals surface area contributed by atoms with Gasteiger partial charge in [-0.15, -0.1) is 0 Å². The van der Waals surface area contributed by atoms with E-state index in [0.29, 0.717) is 0 Å². The lowest BCUT2D eigenvalue weighted by Crippen LogP contribution is -2.14. The second-order valence-corrected chi connectivity index (χ2v) is 5.09. The van der Waals surface area contributed by atoms with Gasteiger partial charge in [-0.2, -0.15) is 0 Å². The molecule has 100 valence electrons. The average Bonchev–Trinajstić information content (AvgIpc) is 2.38. The molecular formula is C16H21N3. The van der Waals surface area contributed by atoms with Crippen molar-refractivity contribution in [3.05, 3.63) is 53.2 Å². The Bertz CT molecular complexity index is 576. The predicted octanol–water partition coefficient (Wildman–Crippen LogP) is 3.49. The van der Waals surface area contributed by atoms with E-state index in [1.165, 1.54) is 16.8 Å². The van der Waals surface area contributed by atoms with Gasteiger partial charge in [0.15, 0.2) is 0 Å². The van der Waals surface area contributed by atoms with E-state index in [2.05, 4.69) is 41.9 Å². The largest absolute Gasteiger partial charge is 0.329 e. The zero-order chi connectivity index (χ0) is 14.0. The summed E-state index contributed by atoms with van der Waals surface area (Å²) in [6.45, 7) is 6.20. The zero-order valence-corrected chi connectivity index (χ0v) is 12.0. The van der Waals surface area contributed by atoms with Crippen LogP contribution in [0.5, 0.6) is 0 Å². The van der Waals surface area contributed by atoms with Crippen LogP contribution >= 0.6 is 0 Å². The van der Waals surface area contributed by atoms with Crippen LogP contribution in [-0.2, 0) is 0 Å². The fourth-order valence-corrected chi connectivity index (χ4v) is 2.21. The first-order valence-corrected chi connectivity index (χ1v) is 6.51. The number of nitrogens with zero attached hydrogens (tertiary/aromatic N) is 2. The molecule has 0 amide bonds. The highest BCUT2D eigenvalue weighted by Gasteiger charge is 2.09. The van der Waals surface area contributed by atoms with E-state index >= 15 is 0 Å². The number of pyridine rings is 1. The molecule has 3 heteroatoms. The van der Waals surface area contributed by atoms with E-state index in [1.807, 2.05) is 32.3 Å². The third-order valence-corrected chi connectivity index (χ3v) is 3.35. The molecule has 2 aromatic rings. The highest BCUT2D eigenvalue weighted by atomic mass is 15.2. The Morgan fingerprint density at radius 1 is 1.16 bits per heavy atom. The van der Waals surface area contributed by atoms with Crippen LogP contribution in [0.4, 0.5) is 11.5 Å². The summed E-state index contributed by atoms with van der Waals surface area (Å²) in [7, 11) is 2.03. The van der Waals surface area contributed by atoms with Gasteiger partial charge in [-0.1, -0.05) is 17.7 Å². The summed E-state index contributed by atoms with van der Waals surface area (Å²) in [5, 5.41) is 0. The third-order valence-electron chi connectivity index (χ3n) is 3.35. The second-order valence-electron chi connectivity index (χ2n) is 5.09. The molecule has 1 atom stereocenters. The fraction of sp³-hybridized carbons (Fsp3) is 0.312. The number of hydrogen-bond donors (Lipinski definition) is 1. The number of rotatable bonds is 3. The Labute approximate surface area is 115 Å². The first-order valence-electron chi connectivity index (χ1n) is 6.51. The summed E-state index contributed by atoms with van der Waals surface area (Å²) >= 11 is 0. The van der Waals surface area contributed by atoms with Gasteiger partial charge in [-0.3, -0.25) is 0 Å². The van der Waals surface area contributed by atoms with Crippen LogP contribution < -0.4 is 10.6 Å². The Hall–Kier alpha value is -1.87. The molecule has 0 spiro atoms. The number of anilines is 2. The normalized spacial score (nSPS) is 12.3. The monoisotopic (exact) mass is 255 g/mol. The Kier molecular flexibility index (Phi) is 3.86. The van der Waals surface area contributed by atoms with Crippen LogP contribution in [0.3, 0.4) is 0 Å². The first kappa shape index (κ1) is 13.6. The molecule has 0 unspecified atom stereocenters. The Morgan fingerprint density at radius 2 is 1.89 bits per heavy atom. The van der Waals surface area contributed by atoms with Crippen LogP contribution in [0.2, 0.25) is 0 Å². The summed E-state index contributed by atoms with van der Waals surface area (Å²) in [4.78, 5) is 6.53. The highest BCUT2D eigenvalue weighted by molar-refractivity contribution is 5.63. The van der Waals surface area contributed by atoms with Gasteiger partial charge in [0.2, 0.25) is 0 Å². The fourth-order valence-electron chi connectivity index (χ4n) is 2.21. The quantitative estimate of drug-likeness (QED) is 0.913. The Morgan fingerprint density at radius 3 is 2.53 bits per heavy atom. The molecule has 2 N–H and O–H groups in total. The van der Waals surface area contributed by atoms with Crippen LogP contribution in [0.25, 0.3) is 0 Å². The Balaban J connectivity index is 2.38. The van der Waals surface area contributed by atoms with Crippen molar-refractivity contribution >= 4 is 11.5 Å². The van der Waals surface area contributed by atoms with E-state index in [1.54, 1.807) is 0 Å². The highest BCUT2D eigenvalue weighted by Crippen LogP contribution is 2.27. The average molecular weight is 255 g/mol. The minimum atomic E-state index is 0.0225. The maximum atomic E-state index is 5.92. The lowest BCUT2D eigenvalue weighted by atomic mass is 10.1. The summed E-state index contributed by atoms with van der Waals surface area (Å²) in [6.07, 6.45) is 1.81. The number of hydrogen-bond acceptors (Lipinski definition) is 3. The van der Waals surface area contributed by atoms with Crippen molar-refractivity contribution in [2.24, 2.45) is 5.73 Å². The van der Waals surface area contributed by atoms with Crippen molar-refractivity contribution in [2.75, 3.05) is 11.9 Å². The lowest BCUT2D eigenvalue weighted by molar-refractivity contribution is 0.814. The smallest absolute Gasteiger partial charge is 0.132 e. The van der Waals surface area contributed by atoms with Gasteiger partial charge < -0.3 is 10.6 Å². The molecule has 19 heavy (non-hydrogen) atoms. The summed E-state index contributed by atoms with van der Waals surface area (Å²) in [5.41, 5.74) is 10.7. The minimum absolute atomic E-state index is 0.0225. The SMILES string of the molecule is Cc1ccc(N(C)c2cc([C@@H](C)N)ccn2)c(C)c1. The molecule has 1 aromatic carbocycles. The van der Waals surface area contributed by atoms with Crippen LogP contribution in [-0.4, -0.2) is 12.0 Å². The maximum Gasteiger partial charge on any atom is 0.132 e. The van der Waals surface area contributed by atoms with Crippen molar-refractivity contribution in [2.45, 2.75) is 26.8 Å². The van der Waals surface area contributed by atoms with Crippen LogP contribution in [0.15, 0.2) is 36.5 Å². The number of benzene rings is 1. The maximum absolute atomic E-state index is 5.92. The van der Waals surface area contributed by atoms with Crippen molar-refractivity contribution in [3.63, 3.8) is 0 Å². The minimum Gasteiger partial charge on any atom is -0.329 e. The van der Waals surface area contributed by atoms with Crippen LogP contribution in [0, 0.1) is 13.8 Å². The van der Waals surface area contributed by atoms with Gasteiger partial charge in [-0.05, 0) is 50.1 Å². The van der Waals surface area contributed by atoms with Crippen molar-refractivity contribution in [1.82, 2.24) is 4.98 Å². The van der Waals surface area contributed by atoms with Gasteiger partial charge in [-0.25, -0.2) is 4.98 Å². The molecule has 0 aliphatic rings. The molecule has 0 fully saturated rings. The van der Waals surface area contributed by atoms with Crippen molar-refractivity contribution in [1.29, 1.82) is 0 Å². The van der Waals surface area contributed by atoms with Gasteiger partial charge in [0, 0.05) is 25.0 Å². The molecule has 2 rings (SSSR count). The summed E-state index contributed by atoms with van der Waals surface area (Å²) in [5.74, 6) is 0.918. The molecular weight excluding hydrogens is 234 g/mol. The topological polar surface area (TPSA) is 42.1 Å². The summed E-state index contributed by atoms with van der Waals surface area (Å²) in [6, 6.07) is 10.5. The molecule has 0 aliphatic heterocycles. The molecule has 1 heterocycles. The molecule has 0 saturated heterocycles. The number of nitrogens with two attached hydrogens (primary N) is 1. The second kappa shape index (κ2) is 5.41. The van der Waals surface area contributed by atoms with Gasteiger partial charge in [0.1, 0.15) is 5.82 Å². The standard InChI is InChI=1S/C16H21N3/c1-11-5-6-15(12(2)9-11)19(4)16-10-14(13(3)17)7-8-18-16/h5-10,13H,17H2,1-4H3/t13-/m1/s1. The molecule has 1 aromatic heterocycles. The van der Waals surface area contributed by atoms with Crippen molar-refractivity contribution in [3.8, 4) is 0 Å². The zero-order valence-electron chi connectivity index (χ0n) is 12.0. The van der Waals surface area contributed by atoms with E-state index in [0.717, 1.165) is 11.4 Å². The first-order chi connectivity index (χ1) is 8.99.